The largest absolute Gasteiger partial charge is 0.493 e. The van der Waals surface area contributed by atoms with Gasteiger partial charge in [0.2, 0.25) is 0 Å². The fraction of sp³-hybridized carbons (Fsp3) is 0.250. The number of hydrogen-bond donors (Lipinski definition) is 1. The molecule has 35 heavy (non-hydrogen) atoms. The number of aryl methyl sites for hydroxylation is 1. The number of amides is 3. The molecule has 1 N–H and O–H groups in total. The Hall–Kier alpha value is -3.31. The van der Waals surface area contributed by atoms with Crippen LogP contribution in [-0.2, 0) is 19.1 Å². The molecule has 1 fully saturated rings. The Kier molecular flexibility index (Phi) is 8.57. The first-order chi connectivity index (χ1) is 16.6. The molecule has 0 spiro atoms. The first kappa shape index (κ1) is 26.3. The Labute approximate surface area is 214 Å². The van der Waals surface area contributed by atoms with Crippen LogP contribution >= 0.6 is 27.7 Å². The predicted molar refractivity (Wildman–Crippen MR) is 135 cm³/mol. The summed E-state index contributed by atoms with van der Waals surface area (Å²) < 4.78 is 16.2. The fourth-order valence-corrected chi connectivity index (χ4v) is 4.48. The van der Waals surface area contributed by atoms with Crippen LogP contribution in [0.5, 0.6) is 11.5 Å². The van der Waals surface area contributed by atoms with Gasteiger partial charge in [-0.2, -0.15) is 0 Å². The quantitative estimate of drug-likeness (QED) is 0.372. The molecule has 2 aromatic rings. The van der Waals surface area contributed by atoms with E-state index in [1.807, 2.05) is 19.1 Å². The van der Waals surface area contributed by atoms with Gasteiger partial charge < -0.3 is 19.5 Å². The molecule has 9 nitrogen and oxygen atoms in total. The lowest BCUT2D eigenvalue weighted by atomic mass is 10.1. The molecular weight excluding hydrogens is 540 g/mol. The third-order valence-electron chi connectivity index (χ3n) is 5.02. The maximum absolute atomic E-state index is 12.8. The number of imide groups is 1. The third kappa shape index (κ3) is 6.23. The molecule has 2 aromatic carbocycles. The molecule has 11 heteroatoms. The van der Waals surface area contributed by atoms with E-state index in [1.165, 1.54) is 27.2 Å². The topological polar surface area (TPSA) is 111 Å². The number of esters is 1. The molecule has 3 rings (SSSR count). The standard InChI is InChI=1S/C24H23BrN2O7S/c1-13-5-7-16(8-6-13)26-21(28)12-34-19-11-17(25)15(9-18(19)32-3)10-20-22(29)27(24(31)35-20)14(2)23(30)33-4/h5-11,14H,12H2,1-4H3,(H,26,28)/b20-10+/t14-/m0/s1. The number of anilines is 1. The molecule has 1 saturated heterocycles. The van der Waals surface area contributed by atoms with Crippen LogP contribution in [0.3, 0.4) is 0 Å². The van der Waals surface area contributed by atoms with Gasteiger partial charge in [0.25, 0.3) is 17.1 Å². The molecule has 1 aliphatic rings. The maximum atomic E-state index is 12.8. The van der Waals surface area contributed by atoms with Crippen LogP contribution in [-0.4, -0.2) is 54.8 Å². The number of nitrogens with one attached hydrogen (secondary N) is 1. The lowest BCUT2D eigenvalue weighted by molar-refractivity contribution is -0.148. The van der Waals surface area contributed by atoms with Crippen LogP contribution < -0.4 is 14.8 Å². The van der Waals surface area contributed by atoms with E-state index >= 15 is 0 Å². The van der Waals surface area contributed by atoms with Crippen LogP contribution in [0.25, 0.3) is 6.08 Å². The average molecular weight is 563 g/mol. The Bertz CT molecular complexity index is 1200. The van der Waals surface area contributed by atoms with E-state index in [1.54, 1.807) is 24.3 Å². The van der Waals surface area contributed by atoms with Gasteiger partial charge >= 0.3 is 5.97 Å². The van der Waals surface area contributed by atoms with Crippen molar-refractivity contribution in [2.45, 2.75) is 19.9 Å². The highest BCUT2D eigenvalue weighted by molar-refractivity contribution is 9.10. The molecule has 0 radical (unpaired) electrons. The molecule has 0 bridgehead atoms. The number of nitrogens with zero attached hydrogens (tertiary/aromatic N) is 1. The lowest BCUT2D eigenvalue weighted by Gasteiger charge is -2.18. The number of carbonyl (C=O) groups is 4. The van der Waals surface area contributed by atoms with E-state index in [-0.39, 0.29) is 17.4 Å². The predicted octanol–water partition coefficient (Wildman–Crippen LogP) is 4.38. The van der Waals surface area contributed by atoms with Gasteiger partial charge in [0.15, 0.2) is 18.1 Å². The van der Waals surface area contributed by atoms with Crippen LogP contribution in [0.2, 0.25) is 0 Å². The minimum atomic E-state index is -1.04. The number of ether oxygens (including phenoxy) is 3. The minimum absolute atomic E-state index is 0.139. The maximum Gasteiger partial charge on any atom is 0.328 e. The highest BCUT2D eigenvalue weighted by atomic mass is 79.9. The van der Waals surface area contributed by atoms with Gasteiger partial charge in [-0.3, -0.25) is 19.3 Å². The lowest BCUT2D eigenvalue weighted by Crippen LogP contribution is -2.42. The summed E-state index contributed by atoms with van der Waals surface area (Å²) in [5.74, 6) is -1.00. The first-order valence-corrected chi connectivity index (χ1v) is 12.0. The number of methoxy groups -OCH3 is 2. The summed E-state index contributed by atoms with van der Waals surface area (Å²) in [7, 11) is 2.63. The van der Waals surface area contributed by atoms with E-state index in [0.29, 0.717) is 27.2 Å². The summed E-state index contributed by atoms with van der Waals surface area (Å²) in [6, 6.07) is 9.54. The zero-order valence-corrected chi connectivity index (χ0v) is 21.8. The Balaban J connectivity index is 1.75. The number of halogens is 1. The second-order valence-electron chi connectivity index (χ2n) is 7.48. The molecular formula is C24H23BrN2O7S. The highest BCUT2D eigenvalue weighted by Gasteiger charge is 2.41. The van der Waals surface area contributed by atoms with Crippen LogP contribution in [0, 0.1) is 6.92 Å². The zero-order chi connectivity index (χ0) is 25.7. The van der Waals surface area contributed by atoms with Gasteiger partial charge in [0, 0.05) is 10.2 Å². The van der Waals surface area contributed by atoms with Crippen molar-refractivity contribution in [1.29, 1.82) is 0 Å². The van der Waals surface area contributed by atoms with Crippen molar-refractivity contribution in [3.05, 3.63) is 56.9 Å². The van der Waals surface area contributed by atoms with E-state index in [2.05, 4.69) is 26.0 Å². The summed E-state index contributed by atoms with van der Waals surface area (Å²) in [5.41, 5.74) is 2.27. The van der Waals surface area contributed by atoms with E-state index < -0.39 is 23.2 Å². The van der Waals surface area contributed by atoms with Crippen molar-refractivity contribution in [2.24, 2.45) is 0 Å². The molecule has 3 amide bonds. The summed E-state index contributed by atoms with van der Waals surface area (Å²) >= 11 is 4.15. The minimum Gasteiger partial charge on any atom is -0.493 e. The molecule has 1 heterocycles. The Morgan fingerprint density at radius 3 is 2.46 bits per heavy atom. The Morgan fingerprint density at radius 1 is 1.14 bits per heavy atom. The van der Waals surface area contributed by atoms with Crippen molar-refractivity contribution in [3.63, 3.8) is 0 Å². The van der Waals surface area contributed by atoms with Crippen molar-refractivity contribution >= 4 is 62.5 Å². The monoisotopic (exact) mass is 562 g/mol. The molecule has 1 aliphatic heterocycles. The normalized spacial score (nSPS) is 15.2. The van der Waals surface area contributed by atoms with E-state index in [4.69, 9.17) is 9.47 Å². The molecule has 1 atom stereocenters. The van der Waals surface area contributed by atoms with Crippen molar-refractivity contribution in [1.82, 2.24) is 4.90 Å². The summed E-state index contributed by atoms with van der Waals surface area (Å²) in [4.78, 5) is 50.1. The average Bonchev–Trinajstić information content (AvgIpc) is 3.11. The first-order valence-electron chi connectivity index (χ1n) is 10.4. The van der Waals surface area contributed by atoms with Crippen LogP contribution in [0.4, 0.5) is 10.5 Å². The van der Waals surface area contributed by atoms with Crippen molar-refractivity contribution in [3.8, 4) is 11.5 Å². The fourth-order valence-electron chi connectivity index (χ4n) is 3.14. The van der Waals surface area contributed by atoms with Gasteiger partial charge in [0.05, 0.1) is 19.1 Å². The second-order valence-corrected chi connectivity index (χ2v) is 9.33. The van der Waals surface area contributed by atoms with Gasteiger partial charge in [0.1, 0.15) is 6.04 Å². The highest BCUT2D eigenvalue weighted by Crippen LogP contribution is 2.38. The van der Waals surface area contributed by atoms with Crippen LogP contribution in [0.1, 0.15) is 18.1 Å². The third-order valence-corrected chi connectivity index (χ3v) is 6.59. The zero-order valence-electron chi connectivity index (χ0n) is 19.4. The number of hydrogen-bond acceptors (Lipinski definition) is 8. The molecule has 184 valence electrons. The summed E-state index contributed by atoms with van der Waals surface area (Å²) in [5, 5.41) is 2.18. The number of rotatable bonds is 8. The molecule has 0 saturated carbocycles. The van der Waals surface area contributed by atoms with E-state index in [0.717, 1.165) is 22.2 Å². The van der Waals surface area contributed by atoms with Crippen molar-refractivity contribution < 1.29 is 33.4 Å². The number of benzene rings is 2. The number of thioether (sulfide) groups is 1. The second kappa shape index (κ2) is 11.4. The Morgan fingerprint density at radius 2 is 1.83 bits per heavy atom. The summed E-state index contributed by atoms with van der Waals surface area (Å²) in [6.07, 6.45) is 1.51. The van der Waals surface area contributed by atoms with E-state index in [9.17, 15) is 19.2 Å². The van der Waals surface area contributed by atoms with Gasteiger partial charge in [-0.15, -0.1) is 0 Å². The van der Waals surface area contributed by atoms with Gasteiger partial charge in [-0.05, 0) is 61.5 Å². The molecule has 0 aromatic heterocycles. The number of carbonyl (C=O) groups excluding carboxylic acids is 4. The molecule has 0 unspecified atom stereocenters. The van der Waals surface area contributed by atoms with Gasteiger partial charge in [-0.1, -0.05) is 33.6 Å². The van der Waals surface area contributed by atoms with Crippen molar-refractivity contribution in [2.75, 3.05) is 26.1 Å². The smallest absolute Gasteiger partial charge is 0.328 e. The SMILES string of the molecule is COC(=O)[C@H](C)N1C(=O)S/C(=C/c2cc(OC)c(OCC(=O)Nc3ccc(C)cc3)cc2Br)C1=O. The molecule has 0 aliphatic carbocycles. The van der Waals surface area contributed by atoms with Crippen LogP contribution in [0.15, 0.2) is 45.8 Å². The summed E-state index contributed by atoms with van der Waals surface area (Å²) in [6.45, 7) is 3.13. The van der Waals surface area contributed by atoms with Gasteiger partial charge in [-0.25, -0.2) is 4.79 Å².